The van der Waals surface area contributed by atoms with Crippen molar-refractivity contribution in [3.63, 3.8) is 0 Å². The van der Waals surface area contributed by atoms with Crippen LogP contribution in [0.15, 0.2) is 18.2 Å². The van der Waals surface area contributed by atoms with E-state index in [0.29, 0.717) is 0 Å². The van der Waals surface area contributed by atoms with Crippen LogP contribution < -0.4 is 0 Å². The Morgan fingerprint density at radius 2 is 1.81 bits per heavy atom. The lowest BCUT2D eigenvalue weighted by molar-refractivity contribution is 0.0403. The number of aryl methyl sites for hydroxylation is 2. The lowest BCUT2D eigenvalue weighted by Crippen LogP contribution is -2.22. The highest BCUT2D eigenvalue weighted by Gasteiger charge is 2.37. The Bertz CT molecular complexity index is 375. The zero-order valence-corrected chi connectivity index (χ0v) is 10.6. The molecule has 1 atom stereocenters. The maximum Gasteiger partial charge on any atom is 0.0846 e. The standard InChI is InChI=1S/C15H22O/c1-11-6-7-12(2)13(10-11)14(16)15(3)8-4-5-9-15/h6-7,10,14,16H,4-5,8-9H2,1-3H3. The molecule has 0 spiro atoms. The monoisotopic (exact) mass is 218 g/mol. The van der Waals surface area contributed by atoms with Gasteiger partial charge in [-0.05, 0) is 43.2 Å². The van der Waals surface area contributed by atoms with Crippen LogP contribution >= 0.6 is 0 Å². The van der Waals surface area contributed by atoms with Gasteiger partial charge in [0.05, 0.1) is 6.10 Å². The van der Waals surface area contributed by atoms with Crippen LogP contribution in [-0.2, 0) is 0 Å². The maximum absolute atomic E-state index is 10.6. The second-order valence-corrected chi connectivity index (χ2v) is 5.62. The van der Waals surface area contributed by atoms with Crippen LogP contribution in [0.4, 0.5) is 0 Å². The normalized spacial score (nSPS) is 21.0. The highest BCUT2D eigenvalue weighted by atomic mass is 16.3. The van der Waals surface area contributed by atoms with E-state index in [1.54, 1.807) is 0 Å². The Balaban J connectivity index is 2.32. The molecule has 1 N–H and O–H groups in total. The molecule has 2 rings (SSSR count). The van der Waals surface area contributed by atoms with Crippen molar-refractivity contribution >= 4 is 0 Å². The molecule has 1 aliphatic rings. The van der Waals surface area contributed by atoms with Crippen LogP contribution in [0.3, 0.4) is 0 Å². The number of rotatable bonds is 2. The molecule has 16 heavy (non-hydrogen) atoms. The number of benzene rings is 1. The third kappa shape index (κ3) is 2.01. The minimum atomic E-state index is -0.296. The minimum absolute atomic E-state index is 0.0958. The van der Waals surface area contributed by atoms with Crippen molar-refractivity contribution < 1.29 is 5.11 Å². The number of aliphatic hydroxyl groups is 1. The molecule has 0 saturated heterocycles. The van der Waals surface area contributed by atoms with E-state index in [0.717, 1.165) is 18.4 Å². The Labute approximate surface area is 98.5 Å². The summed E-state index contributed by atoms with van der Waals surface area (Å²) in [5.41, 5.74) is 3.68. The average molecular weight is 218 g/mol. The van der Waals surface area contributed by atoms with Gasteiger partial charge < -0.3 is 5.11 Å². The Morgan fingerprint density at radius 1 is 1.19 bits per heavy atom. The molecule has 1 saturated carbocycles. The molecular formula is C15H22O. The molecule has 1 aliphatic carbocycles. The van der Waals surface area contributed by atoms with Crippen LogP contribution in [-0.4, -0.2) is 5.11 Å². The number of hydrogen-bond donors (Lipinski definition) is 1. The third-order valence-corrected chi connectivity index (χ3v) is 4.14. The molecule has 1 aromatic rings. The van der Waals surface area contributed by atoms with Crippen molar-refractivity contribution in [3.05, 3.63) is 34.9 Å². The molecule has 0 bridgehead atoms. The van der Waals surface area contributed by atoms with Gasteiger partial charge in [0.1, 0.15) is 0 Å². The summed E-state index contributed by atoms with van der Waals surface area (Å²) in [6.07, 6.45) is 4.54. The number of aliphatic hydroxyl groups excluding tert-OH is 1. The van der Waals surface area contributed by atoms with Crippen LogP contribution in [0.5, 0.6) is 0 Å². The Hall–Kier alpha value is -0.820. The quantitative estimate of drug-likeness (QED) is 0.797. The predicted octanol–water partition coefficient (Wildman–Crippen LogP) is 3.92. The first-order valence-electron chi connectivity index (χ1n) is 6.28. The number of hydrogen-bond acceptors (Lipinski definition) is 1. The van der Waals surface area contributed by atoms with E-state index in [1.807, 2.05) is 0 Å². The van der Waals surface area contributed by atoms with Gasteiger partial charge in [0.2, 0.25) is 0 Å². The van der Waals surface area contributed by atoms with Gasteiger partial charge in [-0.1, -0.05) is 43.5 Å². The molecule has 0 amide bonds. The fourth-order valence-corrected chi connectivity index (χ4v) is 2.89. The van der Waals surface area contributed by atoms with Gasteiger partial charge in [0.15, 0.2) is 0 Å². The molecule has 0 aromatic heterocycles. The first-order chi connectivity index (χ1) is 7.53. The van der Waals surface area contributed by atoms with Crippen molar-refractivity contribution in [3.8, 4) is 0 Å². The maximum atomic E-state index is 10.6. The van der Waals surface area contributed by atoms with Gasteiger partial charge in [-0.2, -0.15) is 0 Å². The van der Waals surface area contributed by atoms with Crippen LogP contribution in [0, 0.1) is 19.3 Å². The summed E-state index contributed by atoms with van der Waals surface area (Å²) in [4.78, 5) is 0. The highest BCUT2D eigenvalue weighted by molar-refractivity contribution is 5.33. The van der Waals surface area contributed by atoms with Gasteiger partial charge in [-0.25, -0.2) is 0 Å². The summed E-state index contributed by atoms with van der Waals surface area (Å²) >= 11 is 0. The lowest BCUT2D eigenvalue weighted by atomic mass is 9.78. The van der Waals surface area contributed by atoms with Crippen molar-refractivity contribution in [1.29, 1.82) is 0 Å². The predicted molar refractivity (Wildman–Crippen MR) is 67.5 cm³/mol. The second kappa shape index (κ2) is 4.21. The van der Waals surface area contributed by atoms with Crippen molar-refractivity contribution in [1.82, 2.24) is 0 Å². The first kappa shape index (κ1) is 11.7. The molecule has 1 heteroatoms. The fourth-order valence-electron chi connectivity index (χ4n) is 2.89. The van der Waals surface area contributed by atoms with Crippen molar-refractivity contribution in [2.24, 2.45) is 5.41 Å². The Kier molecular flexibility index (Phi) is 3.07. The zero-order chi connectivity index (χ0) is 11.8. The van der Waals surface area contributed by atoms with E-state index in [-0.39, 0.29) is 11.5 Å². The van der Waals surface area contributed by atoms with Gasteiger partial charge >= 0.3 is 0 Å². The van der Waals surface area contributed by atoms with Gasteiger partial charge in [-0.3, -0.25) is 0 Å². The van der Waals surface area contributed by atoms with E-state index >= 15 is 0 Å². The molecule has 0 aliphatic heterocycles. The smallest absolute Gasteiger partial charge is 0.0846 e. The highest BCUT2D eigenvalue weighted by Crippen LogP contribution is 2.47. The fraction of sp³-hybridized carbons (Fsp3) is 0.600. The van der Waals surface area contributed by atoms with Crippen molar-refractivity contribution in [2.45, 2.75) is 52.6 Å². The molecule has 1 aromatic carbocycles. The summed E-state index contributed by atoms with van der Waals surface area (Å²) in [7, 11) is 0. The SMILES string of the molecule is Cc1ccc(C)c(C(O)C2(C)CCCC2)c1. The molecule has 1 unspecified atom stereocenters. The van der Waals surface area contributed by atoms with Gasteiger partial charge in [0.25, 0.3) is 0 Å². The first-order valence-corrected chi connectivity index (χ1v) is 6.28. The van der Waals surface area contributed by atoms with Crippen LogP contribution in [0.2, 0.25) is 0 Å². The summed E-state index contributed by atoms with van der Waals surface area (Å²) in [5, 5.41) is 10.6. The molecule has 1 fully saturated rings. The van der Waals surface area contributed by atoms with Crippen molar-refractivity contribution in [2.75, 3.05) is 0 Å². The van der Waals surface area contributed by atoms with E-state index in [2.05, 4.69) is 39.0 Å². The topological polar surface area (TPSA) is 20.2 Å². The average Bonchev–Trinajstić information content (AvgIpc) is 2.69. The molecule has 88 valence electrons. The summed E-state index contributed by atoms with van der Waals surface area (Å²) in [5.74, 6) is 0. The third-order valence-electron chi connectivity index (χ3n) is 4.14. The minimum Gasteiger partial charge on any atom is -0.388 e. The van der Waals surface area contributed by atoms with E-state index in [4.69, 9.17) is 0 Å². The Morgan fingerprint density at radius 3 is 2.44 bits per heavy atom. The lowest BCUT2D eigenvalue weighted by Gasteiger charge is -2.31. The summed E-state index contributed by atoms with van der Waals surface area (Å²) < 4.78 is 0. The van der Waals surface area contributed by atoms with Gasteiger partial charge in [-0.15, -0.1) is 0 Å². The largest absolute Gasteiger partial charge is 0.388 e. The van der Waals surface area contributed by atoms with Crippen LogP contribution in [0.25, 0.3) is 0 Å². The van der Waals surface area contributed by atoms with E-state index in [1.165, 1.54) is 24.0 Å². The summed E-state index contributed by atoms with van der Waals surface area (Å²) in [6.45, 7) is 6.41. The molecule has 1 nitrogen and oxygen atoms in total. The zero-order valence-electron chi connectivity index (χ0n) is 10.6. The van der Waals surface area contributed by atoms with E-state index < -0.39 is 0 Å². The van der Waals surface area contributed by atoms with E-state index in [9.17, 15) is 5.11 Å². The van der Waals surface area contributed by atoms with Crippen LogP contribution in [0.1, 0.15) is 55.4 Å². The molecule has 0 radical (unpaired) electrons. The molecule has 0 heterocycles. The molecular weight excluding hydrogens is 196 g/mol. The summed E-state index contributed by atoms with van der Waals surface area (Å²) in [6, 6.07) is 6.37. The van der Waals surface area contributed by atoms with Gasteiger partial charge in [0, 0.05) is 0 Å². The second-order valence-electron chi connectivity index (χ2n) is 5.62.